The highest BCUT2D eigenvalue weighted by molar-refractivity contribution is 5.91. The van der Waals surface area contributed by atoms with Crippen molar-refractivity contribution in [3.8, 4) is 11.3 Å². The lowest BCUT2D eigenvalue weighted by atomic mass is 10.1. The third-order valence-corrected chi connectivity index (χ3v) is 5.58. The van der Waals surface area contributed by atoms with Crippen molar-refractivity contribution in [3.05, 3.63) is 36.4 Å². The van der Waals surface area contributed by atoms with Gasteiger partial charge in [0.2, 0.25) is 5.95 Å². The quantitative estimate of drug-likeness (QED) is 0.771. The van der Waals surface area contributed by atoms with Crippen LogP contribution in [0.15, 0.2) is 36.4 Å². The van der Waals surface area contributed by atoms with Crippen molar-refractivity contribution in [3.63, 3.8) is 0 Å². The number of aromatic amines is 1. The van der Waals surface area contributed by atoms with Gasteiger partial charge in [-0.05, 0) is 43.7 Å². The summed E-state index contributed by atoms with van der Waals surface area (Å²) in [5, 5.41) is 0. The van der Waals surface area contributed by atoms with Crippen LogP contribution in [0.5, 0.6) is 0 Å². The van der Waals surface area contributed by atoms with Crippen LogP contribution in [0.2, 0.25) is 0 Å². The molecule has 5 nitrogen and oxygen atoms in total. The standard InChI is InChI=1S/C21H25N5/c1-3-9-16(10-4-1)17-15-18-19(22-17)20(25-11-5-2-6-12-25)24-21(23-18)26-13-7-8-14-26/h1,3-4,9-10,15,22H,2,5-8,11-14H2. The smallest absolute Gasteiger partial charge is 0.228 e. The number of rotatable bonds is 3. The molecule has 2 aliphatic rings. The van der Waals surface area contributed by atoms with Gasteiger partial charge in [0.25, 0.3) is 0 Å². The van der Waals surface area contributed by atoms with Crippen LogP contribution in [0.1, 0.15) is 32.1 Å². The summed E-state index contributed by atoms with van der Waals surface area (Å²) in [4.78, 5) is 18.3. The lowest BCUT2D eigenvalue weighted by Crippen LogP contribution is -2.31. The monoisotopic (exact) mass is 347 g/mol. The van der Waals surface area contributed by atoms with Crippen LogP contribution in [0.4, 0.5) is 11.8 Å². The zero-order valence-electron chi connectivity index (χ0n) is 15.1. The van der Waals surface area contributed by atoms with E-state index in [1.54, 1.807) is 0 Å². The van der Waals surface area contributed by atoms with Gasteiger partial charge in [0.15, 0.2) is 5.82 Å². The molecule has 0 aliphatic carbocycles. The molecule has 0 bridgehead atoms. The van der Waals surface area contributed by atoms with Gasteiger partial charge >= 0.3 is 0 Å². The van der Waals surface area contributed by atoms with Gasteiger partial charge in [0.1, 0.15) is 5.52 Å². The molecule has 4 heterocycles. The fourth-order valence-corrected chi connectivity index (χ4v) is 4.15. The third-order valence-electron chi connectivity index (χ3n) is 5.58. The first-order valence-corrected chi connectivity index (χ1v) is 9.84. The summed E-state index contributed by atoms with van der Waals surface area (Å²) in [5.41, 5.74) is 4.42. The van der Waals surface area contributed by atoms with Crippen molar-refractivity contribution in [1.29, 1.82) is 0 Å². The predicted molar refractivity (Wildman–Crippen MR) is 107 cm³/mol. The molecule has 2 aromatic heterocycles. The summed E-state index contributed by atoms with van der Waals surface area (Å²) in [5.74, 6) is 1.98. The number of nitrogens with zero attached hydrogens (tertiary/aromatic N) is 4. The second-order valence-corrected chi connectivity index (χ2v) is 7.40. The Balaban J connectivity index is 1.64. The summed E-state index contributed by atoms with van der Waals surface area (Å²) in [7, 11) is 0. The summed E-state index contributed by atoms with van der Waals surface area (Å²) in [6, 6.07) is 12.7. The maximum absolute atomic E-state index is 5.02. The number of H-pyrrole nitrogens is 1. The Kier molecular flexibility index (Phi) is 4.00. The number of hydrogen-bond donors (Lipinski definition) is 1. The minimum absolute atomic E-state index is 0.897. The molecule has 2 aliphatic heterocycles. The fraction of sp³-hybridized carbons (Fsp3) is 0.429. The second kappa shape index (κ2) is 6.63. The third kappa shape index (κ3) is 2.81. The number of piperidine rings is 1. The molecule has 134 valence electrons. The number of fused-ring (bicyclic) bond motifs is 1. The minimum Gasteiger partial charge on any atom is -0.355 e. The number of hydrogen-bond acceptors (Lipinski definition) is 4. The number of nitrogens with one attached hydrogen (secondary N) is 1. The molecule has 0 amide bonds. The molecule has 0 unspecified atom stereocenters. The zero-order chi connectivity index (χ0) is 17.3. The van der Waals surface area contributed by atoms with Crippen LogP contribution in [0, 0.1) is 0 Å². The molecule has 0 radical (unpaired) electrons. The Morgan fingerprint density at radius 2 is 1.46 bits per heavy atom. The van der Waals surface area contributed by atoms with Gasteiger partial charge in [-0.1, -0.05) is 30.3 Å². The van der Waals surface area contributed by atoms with Crippen LogP contribution >= 0.6 is 0 Å². The van der Waals surface area contributed by atoms with Crippen LogP contribution in [-0.4, -0.2) is 41.1 Å². The summed E-state index contributed by atoms with van der Waals surface area (Å²) < 4.78 is 0. The maximum Gasteiger partial charge on any atom is 0.228 e. The van der Waals surface area contributed by atoms with E-state index in [1.165, 1.54) is 37.7 Å². The average molecular weight is 347 g/mol. The molecule has 1 aromatic carbocycles. The van der Waals surface area contributed by atoms with Crippen molar-refractivity contribution >= 4 is 22.8 Å². The summed E-state index contributed by atoms with van der Waals surface area (Å²) in [6.07, 6.45) is 6.29. The molecule has 2 saturated heterocycles. The lowest BCUT2D eigenvalue weighted by Gasteiger charge is -2.29. The van der Waals surface area contributed by atoms with E-state index in [9.17, 15) is 0 Å². The van der Waals surface area contributed by atoms with Gasteiger partial charge in [-0.15, -0.1) is 0 Å². The van der Waals surface area contributed by atoms with Crippen LogP contribution < -0.4 is 9.80 Å². The summed E-state index contributed by atoms with van der Waals surface area (Å²) in [6.45, 7) is 4.32. The van der Waals surface area contributed by atoms with Crippen molar-refractivity contribution in [1.82, 2.24) is 15.0 Å². The molecule has 0 saturated carbocycles. The predicted octanol–water partition coefficient (Wildman–Crippen LogP) is 4.22. The fourth-order valence-electron chi connectivity index (χ4n) is 4.15. The van der Waals surface area contributed by atoms with Gasteiger partial charge in [-0.3, -0.25) is 0 Å². The van der Waals surface area contributed by atoms with Gasteiger partial charge in [0, 0.05) is 31.9 Å². The van der Waals surface area contributed by atoms with Gasteiger partial charge in [0.05, 0.1) is 5.52 Å². The molecule has 2 fully saturated rings. The highest BCUT2D eigenvalue weighted by Crippen LogP contribution is 2.32. The molecule has 3 aromatic rings. The van der Waals surface area contributed by atoms with Crippen LogP contribution in [0.25, 0.3) is 22.3 Å². The SMILES string of the molecule is c1ccc(-c2cc3nc(N4CCCC4)nc(N4CCCCC4)c3[nH]2)cc1. The molecule has 26 heavy (non-hydrogen) atoms. The van der Waals surface area contributed by atoms with Crippen molar-refractivity contribution in [2.75, 3.05) is 36.0 Å². The highest BCUT2D eigenvalue weighted by atomic mass is 15.3. The Labute approximate surface area is 154 Å². The van der Waals surface area contributed by atoms with E-state index >= 15 is 0 Å². The van der Waals surface area contributed by atoms with E-state index in [2.05, 4.69) is 51.2 Å². The first-order chi connectivity index (χ1) is 12.9. The molecular weight excluding hydrogens is 322 g/mol. The largest absolute Gasteiger partial charge is 0.355 e. The Morgan fingerprint density at radius 1 is 0.769 bits per heavy atom. The van der Waals surface area contributed by atoms with Crippen molar-refractivity contribution in [2.45, 2.75) is 32.1 Å². The van der Waals surface area contributed by atoms with Crippen LogP contribution in [0.3, 0.4) is 0 Å². The first kappa shape index (κ1) is 15.7. The van der Waals surface area contributed by atoms with Gasteiger partial charge < -0.3 is 14.8 Å². The molecular formula is C21H25N5. The Hall–Kier alpha value is -2.56. The van der Waals surface area contributed by atoms with Crippen molar-refractivity contribution < 1.29 is 0 Å². The maximum atomic E-state index is 5.02. The van der Waals surface area contributed by atoms with Gasteiger partial charge in [-0.2, -0.15) is 4.98 Å². The number of anilines is 2. The van der Waals surface area contributed by atoms with E-state index in [4.69, 9.17) is 9.97 Å². The van der Waals surface area contributed by atoms with E-state index in [0.29, 0.717) is 0 Å². The molecule has 0 atom stereocenters. The van der Waals surface area contributed by atoms with Crippen LogP contribution in [-0.2, 0) is 0 Å². The van der Waals surface area contributed by atoms with E-state index in [0.717, 1.165) is 54.7 Å². The molecule has 0 spiro atoms. The normalized spacial score (nSPS) is 18.0. The van der Waals surface area contributed by atoms with E-state index in [-0.39, 0.29) is 0 Å². The minimum atomic E-state index is 0.897. The topological polar surface area (TPSA) is 48.1 Å². The van der Waals surface area contributed by atoms with E-state index < -0.39 is 0 Å². The number of benzene rings is 1. The second-order valence-electron chi connectivity index (χ2n) is 7.40. The zero-order valence-corrected chi connectivity index (χ0v) is 15.1. The average Bonchev–Trinajstić information content (AvgIpc) is 3.38. The lowest BCUT2D eigenvalue weighted by molar-refractivity contribution is 0.574. The molecule has 1 N–H and O–H groups in total. The number of aromatic nitrogens is 3. The summed E-state index contributed by atoms with van der Waals surface area (Å²) >= 11 is 0. The van der Waals surface area contributed by atoms with Gasteiger partial charge in [-0.25, -0.2) is 4.98 Å². The first-order valence-electron chi connectivity index (χ1n) is 9.84. The Morgan fingerprint density at radius 3 is 2.23 bits per heavy atom. The Bertz CT molecular complexity index is 889. The molecule has 5 heteroatoms. The van der Waals surface area contributed by atoms with Crippen molar-refractivity contribution in [2.24, 2.45) is 0 Å². The molecule has 5 rings (SSSR count). The highest BCUT2D eigenvalue weighted by Gasteiger charge is 2.22. The van der Waals surface area contributed by atoms with E-state index in [1.807, 2.05) is 0 Å².